The molecule has 2 bridgehead atoms. The molecule has 2 fully saturated rings. The van der Waals surface area contributed by atoms with E-state index >= 15 is 0 Å². The van der Waals surface area contributed by atoms with Crippen LogP contribution in [0, 0.1) is 23.7 Å². The Morgan fingerprint density at radius 2 is 1.44 bits per heavy atom. The summed E-state index contributed by atoms with van der Waals surface area (Å²) in [6.45, 7) is 0.204. The van der Waals surface area contributed by atoms with Crippen LogP contribution in [0.25, 0.3) is 0 Å². The molecule has 0 radical (unpaired) electrons. The van der Waals surface area contributed by atoms with E-state index in [2.05, 4.69) is 0 Å². The maximum absolute atomic E-state index is 9.70. The van der Waals surface area contributed by atoms with Gasteiger partial charge in [-0.25, -0.2) is 0 Å². The lowest BCUT2D eigenvalue weighted by Crippen LogP contribution is -2.34. The van der Waals surface area contributed by atoms with E-state index in [1.807, 2.05) is 0 Å². The maximum Gasteiger partial charge on any atom is 0.0545 e. The lowest BCUT2D eigenvalue weighted by atomic mass is 9.65. The monoisotopic (exact) mass is 228 g/mol. The van der Waals surface area contributed by atoms with Crippen LogP contribution in [-0.4, -0.2) is 34.6 Å². The first kappa shape index (κ1) is 12.3. The van der Waals surface area contributed by atoms with E-state index in [4.69, 9.17) is 10.2 Å². The van der Waals surface area contributed by atoms with Crippen molar-refractivity contribution in [1.82, 2.24) is 0 Å². The molecule has 0 spiro atoms. The topological polar surface area (TPSA) is 60.7 Å². The zero-order valence-corrected chi connectivity index (χ0v) is 9.89. The minimum atomic E-state index is -0.0730. The number of aliphatic hydroxyl groups excluding tert-OH is 3. The summed E-state index contributed by atoms with van der Waals surface area (Å²) in [5.41, 5.74) is 0. The molecule has 0 aromatic rings. The number of hydrogen-bond donors (Lipinski definition) is 3. The second-order valence-electron chi connectivity index (χ2n) is 5.90. The Morgan fingerprint density at radius 3 is 1.94 bits per heavy atom. The quantitative estimate of drug-likeness (QED) is 0.677. The average molecular weight is 228 g/mol. The van der Waals surface area contributed by atoms with Crippen LogP contribution in [-0.2, 0) is 0 Å². The second-order valence-corrected chi connectivity index (χ2v) is 5.90. The summed E-state index contributed by atoms with van der Waals surface area (Å²) in [5.74, 6) is 2.09. The number of aliphatic hydroxyl groups is 3. The lowest BCUT2D eigenvalue weighted by molar-refractivity contribution is 0.0165. The highest BCUT2D eigenvalue weighted by Gasteiger charge is 2.35. The predicted molar refractivity (Wildman–Crippen MR) is 61.8 cm³/mol. The van der Waals surface area contributed by atoms with Crippen LogP contribution >= 0.6 is 0 Å². The van der Waals surface area contributed by atoms with Gasteiger partial charge in [0.25, 0.3) is 0 Å². The minimum Gasteiger partial charge on any atom is -0.396 e. The molecule has 0 heterocycles. The molecule has 0 aromatic heterocycles. The highest BCUT2D eigenvalue weighted by atomic mass is 16.3. The molecule has 2 aliphatic carbocycles. The van der Waals surface area contributed by atoms with Gasteiger partial charge < -0.3 is 15.3 Å². The van der Waals surface area contributed by atoms with Crippen molar-refractivity contribution in [2.24, 2.45) is 23.7 Å². The minimum absolute atomic E-state index is 0.0637. The third-order valence-corrected chi connectivity index (χ3v) is 4.39. The fraction of sp³-hybridized carbons (Fsp3) is 1.00. The summed E-state index contributed by atoms with van der Waals surface area (Å²) < 4.78 is 0. The van der Waals surface area contributed by atoms with E-state index in [0.717, 1.165) is 19.3 Å². The fourth-order valence-corrected chi connectivity index (χ4v) is 3.82. The molecular weight excluding hydrogens is 204 g/mol. The van der Waals surface area contributed by atoms with Crippen molar-refractivity contribution in [2.45, 2.75) is 44.6 Å². The van der Waals surface area contributed by atoms with Crippen molar-refractivity contribution >= 4 is 0 Å². The highest BCUT2D eigenvalue weighted by molar-refractivity contribution is 4.87. The molecule has 0 aromatic carbocycles. The molecular formula is C13H24O3. The van der Waals surface area contributed by atoms with Crippen molar-refractivity contribution in [1.29, 1.82) is 0 Å². The largest absolute Gasteiger partial charge is 0.396 e. The van der Waals surface area contributed by atoms with E-state index in [9.17, 15) is 5.11 Å². The molecule has 2 unspecified atom stereocenters. The Balaban J connectivity index is 1.85. The van der Waals surface area contributed by atoms with Gasteiger partial charge in [0, 0.05) is 19.1 Å². The molecule has 3 N–H and O–H groups in total. The molecule has 2 aliphatic rings. The molecule has 2 rings (SSSR count). The fourth-order valence-electron chi connectivity index (χ4n) is 3.82. The Labute approximate surface area is 97.5 Å². The van der Waals surface area contributed by atoms with E-state index in [-0.39, 0.29) is 25.2 Å². The van der Waals surface area contributed by atoms with Gasteiger partial charge in [-0.05, 0) is 56.3 Å². The summed E-state index contributed by atoms with van der Waals surface area (Å²) in [6.07, 6.45) is 6.48. The molecule has 2 atom stereocenters. The lowest BCUT2D eigenvalue weighted by Gasteiger charge is -2.41. The van der Waals surface area contributed by atoms with Crippen LogP contribution in [0.4, 0.5) is 0 Å². The van der Waals surface area contributed by atoms with E-state index in [1.54, 1.807) is 0 Å². The summed E-state index contributed by atoms with van der Waals surface area (Å²) in [7, 11) is 0. The summed E-state index contributed by atoms with van der Waals surface area (Å²) >= 11 is 0. The first-order valence-electron chi connectivity index (χ1n) is 6.61. The van der Waals surface area contributed by atoms with Gasteiger partial charge in [-0.15, -0.1) is 0 Å². The van der Waals surface area contributed by atoms with Crippen LogP contribution in [0.15, 0.2) is 0 Å². The van der Waals surface area contributed by atoms with Gasteiger partial charge >= 0.3 is 0 Å². The standard InChI is InChI=1S/C13H24O3/c14-7-12(8-15)4-9-1-10-3-11(2-9)6-13(16)5-10/h9-16H,1-8H2. The van der Waals surface area contributed by atoms with Crippen molar-refractivity contribution < 1.29 is 15.3 Å². The van der Waals surface area contributed by atoms with E-state index in [1.165, 1.54) is 19.3 Å². The van der Waals surface area contributed by atoms with Gasteiger partial charge in [-0.1, -0.05) is 0 Å². The maximum atomic E-state index is 9.70. The van der Waals surface area contributed by atoms with Gasteiger partial charge in [0.1, 0.15) is 0 Å². The first-order chi connectivity index (χ1) is 7.71. The smallest absolute Gasteiger partial charge is 0.0545 e. The molecule has 0 amide bonds. The number of fused-ring (bicyclic) bond motifs is 2. The molecule has 3 nitrogen and oxygen atoms in total. The van der Waals surface area contributed by atoms with Crippen molar-refractivity contribution in [3.63, 3.8) is 0 Å². The first-order valence-corrected chi connectivity index (χ1v) is 6.61. The molecule has 16 heavy (non-hydrogen) atoms. The normalized spacial score (nSPS) is 39.0. The summed E-state index contributed by atoms with van der Waals surface area (Å²) in [6, 6.07) is 0. The third-order valence-electron chi connectivity index (χ3n) is 4.39. The van der Waals surface area contributed by atoms with E-state index in [0.29, 0.717) is 17.8 Å². The van der Waals surface area contributed by atoms with Crippen LogP contribution in [0.5, 0.6) is 0 Å². The van der Waals surface area contributed by atoms with Crippen LogP contribution in [0.1, 0.15) is 38.5 Å². The second kappa shape index (κ2) is 5.48. The zero-order valence-electron chi connectivity index (χ0n) is 9.89. The predicted octanol–water partition coefficient (Wildman–Crippen LogP) is 1.16. The summed E-state index contributed by atoms with van der Waals surface area (Å²) in [5, 5.41) is 27.9. The average Bonchev–Trinajstić information content (AvgIpc) is 2.24. The van der Waals surface area contributed by atoms with Gasteiger partial charge in [0.15, 0.2) is 0 Å². The SMILES string of the molecule is OCC(CO)CC1CC2CC(O)CC(C2)C1. The van der Waals surface area contributed by atoms with Crippen molar-refractivity contribution in [2.75, 3.05) is 13.2 Å². The number of hydrogen-bond acceptors (Lipinski definition) is 3. The third kappa shape index (κ3) is 2.96. The van der Waals surface area contributed by atoms with Gasteiger partial charge in [0.05, 0.1) is 6.10 Å². The Hall–Kier alpha value is -0.120. The Morgan fingerprint density at radius 1 is 0.875 bits per heavy atom. The highest BCUT2D eigenvalue weighted by Crippen LogP contribution is 2.44. The molecule has 3 heteroatoms. The molecule has 0 aliphatic heterocycles. The van der Waals surface area contributed by atoms with Crippen molar-refractivity contribution in [3.8, 4) is 0 Å². The van der Waals surface area contributed by atoms with Crippen LogP contribution in [0.3, 0.4) is 0 Å². The molecule has 2 saturated carbocycles. The van der Waals surface area contributed by atoms with Crippen LogP contribution < -0.4 is 0 Å². The molecule has 0 saturated heterocycles. The van der Waals surface area contributed by atoms with Crippen LogP contribution in [0.2, 0.25) is 0 Å². The van der Waals surface area contributed by atoms with Gasteiger partial charge in [-0.3, -0.25) is 0 Å². The van der Waals surface area contributed by atoms with Crippen molar-refractivity contribution in [3.05, 3.63) is 0 Å². The van der Waals surface area contributed by atoms with Gasteiger partial charge in [0.2, 0.25) is 0 Å². The zero-order chi connectivity index (χ0) is 11.5. The Kier molecular flexibility index (Phi) is 4.22. The number of rotatable bonds is 4. The van der Waals surface area contributed by atoms with Gasteiger partial charge in [-0.2, -0.15) is 0 Å². The Bertz CT molecular complexity index is 197. The summed E-state index contributed by atoms with van der Waals surface area (Å²) in [4.78, 5) is 0. The molecule has 94 valence electrons. The van der Waals surface area contributed by atoms with E-state index < -0.39 is 0 Å².